The van der Waals surface area contributed by atoms with Crippen LogP contribution in [0.5, 0.6) is 5.75 Å². The minimum Gasteiger partial charge on any atom is -0.508 e. The largest absolute Gasteiger partial charge is 0.508 e. The zero-order chi connectivity index (χ0) is 26.9. The van der Waals surface area contributed by atoms with E-state index in [2.05, 4.69) is 34.6 Å². The molecule has 198 valence electrons. The molecule has 0 spiro atoms. The van der Waals surface area contributed by atoms with Crippen molar-refractivity contribution >= 4 is 28.3 Å². The highest BCUT2D eigenvalue weighted by atomic mass is 32.1. The molecule has 39 heavy (non-hydrogen) atoms. The predicted molar refractivity (Wildman–Crippen MR) is 149 cm³/mol. The van der Waals surface area contributed by atoms with Gasteiger partial charge in [-0.2, -0.15) is 0 Å². The molecule has 2 amide bonds. The number of benzene rings is 3. The van der Waals surface area contributed by atoms with E-state index in [1.54, 1.807) is 11.6 Å². The summed E-state index contributed by atoms with van der Waals surface area (Å²) in [5, 5.41) is 15.3. The average Bonchev–Trinajstić information content (AvgIpc) is 3.59. The first-order valence-electron chi connectivity index (χ1n) is 13.2. The molecule has 0 bridgehead atoms. The summed E-state index contributed by atoms with van der Waals surface area (Å²) in [6, 6.07) is 16.5. The van der Waals surface area contributed by atoms with Crippen LogP contribution in [0.15, 0.2) is 72.2 Å². The number of thiazole rings is 1. The van der Waals surface area contributed by atoms with Gasteiger partial charge in [0.25, 0.3) is 11.8 Å². The third-order valence-electron chi connectivity index (χ3n) is 7.77. The molecule has 1 saturated carbocycles. The van der Waals surface area contributed by atoms with Crippen LogP contribution in [0.3, 0.4) is 0 Å². The first kappa shape index (κ1) is 25.2. The monoisotopic (exact) mass is 541 g/mol. The number of nitrogens with zero attached hydrogens (tertiary/aromatic N) is 2. The minimum atomic E-state index is -1.25. The van der Waals surface area contributed by atoms with Gasteiger partial charge in [0.05, 0.1) is 0 Å². The van der Waals surface area contributed by atoms with Gasteiger partial charge in [0.1, 0.15) is 17.6 Å². The highest BCUT2D eigenvalue weighted by Gasteiger charge is 2.39. The van der Waals surface area contributed by atoms with Crippen LogP contribution in [-0.4, -0.2) is 26.8 Å². The normalized spacial score (nSPS) is 16.2. The summed E-state index contributed by atoms with van der Waals surface area (Å²) in [6.45, 7) is 0.154. The average molecular weight is 542 g/mol. The maximum Gasteiger partial charge on any atom is 0.255 e. The van der Waals surface area contributed by atoms with Crippen molar-refractivity contribution in [1.29, 1.82) is 0 Å². The van der Waals surface area contributed by atoms with Crippen molar-refractivity contribution in [2.24, 2.45) is 0 Å². The van der Waals surface area contributed by atoms with Gasteiger partial charge in [-0.05, 0) is 65.3 Å². The number of phenolic OH excluding ortho intramolecular Hbond substituents is 1. The Hall–Kier alpha value is -4.04. The Bertz CT molecular complexity index is 1510. The topological polar surface area (TPSA) is 82.5 Å². The highest BCUT2D eigenvalue weighted by molar-refractivity contribution is 7.13. The molecular formula is C31H28FN3O3S. The number of aromatic nitrogens is 1. The zero-order valence-corrected chi connectivity index (χ0v) is 22.1. The molecule has 2 aliphatic rings. The quantitative estimate of drug-likeness (QED) is 0.274. The number of amides is 2. The number of hydrogen-bond donors (Lipinski definition) is 2. The third kappa shape index (κ3) is 5.04. The second kappa shape index (κ2) is 10.6. The summed E-state index contributed by atoms with van der Waals surface area (Å²) in [6.07, 6.45) is 7.91. The Morgan fingerprint density at radius 2 is 1.79 bits per heavy atom. The van der Waals surface area contributed by atoms with Gasteiger partial charge in [-0.15, -0.1) is 11.3 Å². The molecule has 1 aliphatic carbocycles. The second-order valence-electron chi connectivity index (χ2n) is 10.2. The molecule has 6 rings (SSSR count). The molecule has 1 atom stereocenters. The molecule has 2 N–H and O–H groups in total. The number of carbonyl (C=O) groups is 2. The van der Waals surface area contributed by atoms with Crippen molar-refractivity contribution < 1.29 is 19.1 Å². The van der Waals surface area contributed by atoms with E-state index in [9.17, 15) is 19.1 Å². The van der Waals surface area contributed by atoms with Gasteiger partial charge in [-0.1, -0.05) is 55.7 Å². The van der Waals surface area contributed by atoms with Crippen molar-refractivity contribution in [3.8, 4) is 16.9 Å². The van der Waals surface area contributed by atoms with Crippen LogP contribution in [0.25, 0.3) is 11.1 Å². The molecule has 8 heteroatoms. The molecule has 1 fully saturated rings. The number of nitrogens with one attached hydrogen (secondary N) is 1. The maximum atomic E-state index is 14.2. The second-order valence-corrected chi connectivity index (χ2v) is 11.1. The van der Waals surface area contributed by atoms with Gasteiger partial charge < -0.3 is 10.0 Å². The van der Waals surface area contributed by atoms with Crippen molar-refractivity contribution in [3.63, 3.8) is 0 Å². The standard InChI is InChI=1S/C31H28FN3O3S/c32-24-12-13-27(36)26(17-24)28(29(37)34-31-33-14-15-39-31)35-18-23-11-10-22(16-25(23)30(35)38)21-8-6-20(7-9-21)19-4-2-1-3-5-19/h6-17,19,28,36H,1-5,18H2,(H,33,34,37). The number of aromatic hydroxyl groups is 1. The molecule has 1 aliphatic heterocycles. The summed E-state index contributed by atoms with van der Waals surface area (Å²) in [5.41, 5.74) is 4.58. The summed E-state index contributed by atoms with van der Waals surface area (Å²) < 4.78 is 14.2. The fraction of sp³-hybridized carbons (Fsp3) is 0.258. The van der Waals surface area contributed by atoms with Crippen molar-refractivity contribution in [2.45, 2.75) is 50.6 Å². The predicted octanol–water partition coefficient (Wildman–Crippen LogP) is 7.04. The number of anilines is 1. The van der Waals surface area contributed by atoms with E-state index in [0.29, 0.717) is 16.6 Å². The van der Waals surface area contributed by atoms with Crippen LogP contribution < -0.4 is 5.32 Å². The van der Waals surface area contributed by atoms with Gasteiger partial charge in [0, 0.05) is 29.2 Å². The Balaban J connectivity index is 1.30. The number of halogens is 1. The summed E-state index contributed by atoms with van der Waals surface area (Å²) in [4.78, 5) is 32.6. The zero-order valence-electron chi connectivity index (χ0n) is 21.3. The van der Waals surface area contributed by atoms with E-state index in [0.717, 1.165) is 28.8 Å². The molecule has 3 aromatic carbocycles. The van der Waals surface area contributed by atoms with Crippen LogP contribution in [0, 0.1) is 5.82 Å². The summed E-state index contributed by atoms with van der Waals surface area (Å²) in [7, 11) is 0. The van der Waals surface area contributed by atoms with Crippen molar-refractivity contribution in [2.75, 3.05) is 5.32 Å². The summed E-state index contributed by atoms with van der Waals surface area (Å²) in [5.74, 6) is -1.19. The van der Waals surface area contributed by atoms with E-state index >= 15 is 0 Å². The molecule has 0 saturated heterocycles. The lowest BCUT2D eigenvalue weighted by molar-refractivity contribution is -0.120. The lowest BCUT2D eigenvalue weighted by Crippen LogP contribution is -2.37. The third-order valence-corrected chi connectivity index (χ3v) is 8.46. The first-order valence-corrected chi connectivity index (χ1v) is 14.1. The Kier molecular flexibility index (Phi) is 6.87. The molecule has 1 aromatic heterocycles. The van der Waals surface area contributed by atoms with E-state index in [1.165, 1.54) is 60.0 Å². The number of hydrogen-bond acceptors (Lipinski definition) is 5. The first-order chi connectivity index (χ1) is 19.0. The number of carbonyl (C=O) groups excluding carboxylic acids is 2. The van der Waals surface area contributed by atoms with Crippen molar-refractivity contribution in [1.82, 2.24) is 9.88 Å². The Morgan fingerprint density at radius 3 is 2.54 bits per heavy atom. The molecule has 2 heterocycles. The molecular weight excluding hydrogens is 513 g/mol. The van der Waals surface area contributed by atoms with Crippen LogP contribution >= 0.6 is 11.3 Å². The van der Waals surface area contributed by atoms with E-state index < -0.39 is 17.8 Å². The molecule has 4 aromatic rings. The van der Waals surface area contributed by atoms with Crippen LogP contribution in [0.4, 0.5) is 9.52 Å². The molecule has 6 nitrogen and oxygen atoms in total. The van der Waals surface area contributed by atoms with E-state index in [-0.39, 0.29) is 23.8 Å². The Labute approximate surface area is 230 Å². The fourth-order valence-electron chi connectivity index (χ4n) is 5.75. The number of phenols is 1. The van der Waals surface area contributed by atoms with Gasteiger partial charge in [0.15, 0.2) is 5.13 Å². The Morgan fingerprint density at radius 1 is 1.03 bits per heavy atom. The van der Waals surface area contributed by atoms with Crippen LogP contribution in [0.1, 0.15) is 71.1 Å². The lowest BCUT2D eigenvalue weighted by atomic mass is 9.83. The maximum absolute atomic E-state index is 14.2. The smallest absolute Gasteiger partial charge is 0.255 e. The lowest BCUT2D eigenvalue weighted by Gasteiger charge is -2.27. The minimum absolute atomic E-state index is 0.0173. The van der Waals surface area contributed by atoms with Gasteiger partial charge in [-0.3, -0.25) is 14.9 Å². The molecule has 0 radical (unpaired) electrons. The van der Waals surface area contributed by atoms with Gasteiger partial charge in [-0.25, -0.2) is 9.37 Å². The molecule has 1 unspecified atom stereocenters. The van der Waals surface area contributed by atoms with Gasteiger partial charge >= 0.3 is 0 Å². The SMILES string of the molecule is O=C(Nc1nccs1)C(c1cc(F)ccc1O)N1Cc2ccc(-c3ccc(C4CCCCC4)cc3)cc2C1=O. The van der Waals surface area contributed by atoms with Crippen LogP contribution in [-0.2, 0) is 11.3 Å². The number of rotatable bonds is 6. The highest BCUT2D eigenvalue weighted by Crippen LogP contribution is 2.38. The van der Waals surface area contributed by atoms with E-state index in [1.807, 2.05) is 18.2 Å². The van der Waals surface area contributed by atoms with E-state index in [4.69, 9.17) is 0 Å². The fourth-order valence-corrected chi connectivity index (χ4v) is 6.28. The van der Waals surface area contributed by atoms with Gasteiger partial charge in [0.2, 0.25) is 0 Å². The number of fused-ring (bicyclic) bond motifs is 1. The summed E-state index contributed by atoms with van der Waals surface area (Å²) >= 11 is 1.23. The van der Waals surface area contributed by atoms with Crippen molar-refractivity contribution in [3.05, 3.63) is 100 Å². The van der Waals surface area contributed by atoms with Crippen LogP contribution in [0.2, 0.25) is 0 Å².